The van der Waals surface area contributed by atoms with E-state index < -0.39 is 0 Å². The van der Waals surface area contributed by atoms with Gasteiger partial charge in [0, 0.05) is 5.69 Å². The van der Waals surface area contributed by atoms with Crippen molar-refractivity contribution in [2.75, 3.05) is 11.4 Å². The number of nitrogens with one attached hydrogen (secondary N) is 1. The second-order valence-corrected chi connectivity index (χ2v) is 5.15. The largest absolute Gasteiger partial charge is 0.342 e. The summed E-state index contributed by atoms with van der Waals surface area (Å²) in [6.45, 7) is 2.11. The van der Waals surface area contributed by atoms with E-state index in [9.17, 15) is 9.59 Å². The standard InChI is InChI=1S/C14H16N2O2/c1-9-3-2-4-11(7-9)16-8-12(17)15-13(14(16)18)10-5-6-10/h2-4,7,10,13H,5-6,8H2,1H3,(H,15,17). The summed E-state index contributed by atoms with van der Waals surface area (Å²) < 4.78 is 0. The van der Waals surface area contributed by atoms with Gasteiger partial charge in [-0.3, -0.25) is 9.59 Å². The number of aryl methyl sites for hydroxylation is 1. The summed E-state index contributed by atoms with van der Waals surface area (Å²) in [6, 6.07) is 7.41. The van der Waals surface area contributed by atoms with Gasteiger partial charge in [-0.2, -0.15) is 0 Å². The van der Waals surface area contributed by atoms with E-state index in [2.05, 4.69) is 5.32 Å². The molecule has 1 N–H and O–H groups in total. The molecule has 1 unspecified atom stereocenters. The molecule has 1 aliphatic heterocycles. The summed E-state index contributed by atoms with van der Waals surface area (Å²) in [6.07, 6.45) is 2.08. The Hall–Kier alpha value is -1.84. The average molecular weight is 244 g/mol. The van der Waals surface area contributed by atoms with Gasteiger partial charge in [0.15, 0.2) is 0 Å². The molecular formula is C14H16N2O2. The van der Waals surface area contributed by atoms with Crippen LogP contribution in [-0.4, -0.2) is 24.4 Å². The highest BCUT2D eigenvalue weighted by atomic mass is 16.2. The number of rotatable bonds is 2. The molecule has 94 valence electrons. The van der Waals surface area contributed by atoms with Gasteiger partial charge in [-0.25, -0.2) is 0 Å². The van der Waals surface area contributed by atoms with Crippen LogP contribution in [0.4, 0.5) is 5.69 Å². The Morgan fingerprint density at radius 2 is 2.06 bits per heavy atom. The van der Waals surface area contributed by atoms with Crippen molar-refractivity contribution in [1.29, 1.82) is 0 Å². The number of amides is 2. The minimum atomic E-state index is -0.313. The molecule has 0 radical (unpaired) electrons. The summed E-state index contributed by atoms with van der Waals surface area (Å²) in [7, 11) is 0. The fourth-order valence-corrected chi connectivity index (χ4v) is 2.43. The highest BCUT2D eigenvalue weighted by molar-refractivity contribution is 6.06. The van der Waals surface area contributed by atoms with Crippen LogP contribution in [-0.2, 0) is 9.59 Å². The number of hydrogen-bond donors (Lipinski definition) is 1. The lowest BCUT2D eigenvalue weighted by molar-refractivity contribution is -0.131. The molecule has 2 aliphatic rings. The van der Waals surface area contributed by atoms with Gasteiger partial charge in [0.1, 0.15) is 12.6 Å². The highest BCUT2D eigenvalue weighted by Crippen LogP contribution is 2.35. The molecule has 2 fully saturated rings. The average Bonchev–Trinajstić information content (AvgIpc) is 3.16. The van der Waals surface area contributed by atoms with E-state index in [1.165, 1.54) is 0 Å². The molecule has 1 aromatic rings. The molecule has 18 heavy (non-hydrogen) atoms. The molecule has 0 spiro atoms. The van der Waals surface area contributed by atoms with Crippen molar-refractivity contribution < 1.29 is 9.59 Å². The van der Waals surface area contributed by atoms with E-state index in [1.54, 1.807) is 4.90 Å². The van der Waals surface area contributed by atoms with Gasteiger partial charge in [0.25, 0.3) is 0 Å². The maximum atomic E-state index is 12.4. The first-order valence-electron chi connectivity index (χ1n) is 6.32. The van der Waals surface area contributed by atoms with Gasteiger partial charge in [-0.15, -0.1) is 0 Å². The van der Waals surface area contributed by atoms with Gasteiger partial charge in [-0.1, -0.05) is 12.1 Å². The molecule has 1 atom stereocenters. The van der Waals surface area contributed by atoms with Crippen molar-refractivity contribution in [3.05, 3.63) is 29.8 Å². The zero-order valence-electron chi connectivity index (χ0n) is 10.3. The van der Waals surface area contributed by atoms with Crippen molar-refractivity contribution in [2.24, 2.45) is 5.92 Å². The number of nitrogens with zero attached hydrogens (tertiary/aromatic N) is 1. The maximum absolute atomic E-state index is 12.4. The van der Waals surface area contributed by atoms with E-state index in [0.29, 0.717) is 5.92 Å². The van der Waals surface area contributed by atoms with Gasteiger partial charge in [0.2, 0.25) is 11.8 Å². The van der Waals surface area contributed by atoms with Crippen molar-refractivity contribution in [1.82, 2.24) is 5.32 Å². The maximum Gasteiger partial charge on any atom is 0.250 e. The van der Waals surface area contributed by atoms with Crippen LogP contribution < -0.4 is 10.2 Å². The fraction of sp³-hybridized carbons (Fsp3) is 0.429. The summed E-state index contributed by atoms with van der Waals surface area (Å²) in [5.41, 5.74) is 1.91. The third-order valence-corrected chi connectivity index (χ3v) is 3.56. The van der Waals surface area contributed by atoms with Gasteiger partial charge < -0.3 is 10.2 Å². The molecule has 1 saturated carbocycles. The molecule has 4 nitrogen and oxygen atoms in total. The highest BCUT2D eigenvalue weighted by Gasteiger charge is 2.42. The van der Waals surface area contributed by atoms with E-state index in [4.69, 9.17) is 0 Å². The van der Waals surface area contributed by atoms with Crippen LogP contribution in [0.3, 0.4) is 0 Å². The summed E-state index contributed by atoms with van der Waals surface area (Å²) in [5.74, 6) is 0.310. The Balaban J connectivity index is 1.90. The molecule has 1 saturated heterocycles. The van der Waals surface area contributed by atoms with Crippen LogP contribution in [0.25, 0.3) is 0 Å². The van der Waals surface area contributed by atoms with Gasteiger partial charge in [0.05, 0.1) is 0 Å². The SMILES string of the molecule is Cc1cccc(N2CC(=O)NC(C3CC3)C2=O)c1. The van der Waals surface area contributed by atoms with Crippen molar-refractivity contribution in [3.63, 3.8) is 0 Å². The Kier molecular flexibility index (Phi) is 2.58. The monoisotopic (exact) mass is 244 g/mol. The topological polar surface area (TPSA) is 49.4 Å². The Bertz CT molecular complexity index is 508. The van der Waals surface area contributed by atoms with E-state index in [-0.39, 0.29) is 24.4 Å². The molecule has 1 aromatic carbocycles. The van der Waals surface area contributed by atoms with Crippen LogP contribution in [0.2, 0.25) is 0 Å². The minimum Gasteiger partial charge on any atom is -0.342 e. The van der Waals surface area contributed by atoms with Crippen molar-refractivity contribution in [2.45, 2.75) is 25.8 Å². The molecule has 2 amide bonds. The van der Waals surface area contributed by atoms with Crippen molar-refractivity contribution >= 4 is 17.5 Å². The van der Waals surface area contributed by atoms with Crippen LogP contribution in [0.5, 0.6) is 0 Å². The van der Waals surface area contributed by atoms with Gasteiger partial charge in [-0.05, 0) is 43.4 Å². The molecule has 1 heterocycles. The number of carbonyl (C=O) groups is 2. The first-order valence-corrected chi connectivity index (χ1v) is 6.32. The number of anilines is 1. The minimum absolute atomic E-state index is 0.0303. The second-order valence-electron chi connectivity index (χ2n) is 5.15. The van der Waals surface area contributed by atoms with Crippen LogP contribution in [0.15, 0.2) is 24.3 Å². The Labute approximate surface area is 106 Å². The first kappa shape index (κ1) is 11.3. The second kappa shape index (κ2) is 4.12. The third kappa shape index (κ3) is 1.98. The van der Waals surface area contributed by atoms with Crippen molar-refractivity contribution in [3.8, 4) is 0 Å². The number of benzene rings is 1. The van der Waals surface area contributed by atoms with Crippen LogP contribution in [0.1, 0.15) is 18.4 Å². The summed E-state index contributed by atoms with van der Waals surface area (Å²) >= 11 is 0. The fourth-order valence-electron chi connectivity index (χ4n) is 2.43. The molecule has 1 aliphatic carbocycles. The first-order chi connectivity index (χ1) is 8.65. The zero-order chi connectivity index (χ0) is 12.7. The van der Waals surface area contributed by atoms with E-state index >= 15 is 0 Å². The normalized spacial score (nSPS) is 24.1. The van der Waals surface area contributed by atoms with E-state index in [1.807, 2.05) is 31.2 Å². The Morgan fingerprint density at radius 3 is 2.72 bits per heavy atom. The molecule has 3 rings (SSSR count). The predicted octanol–water partition coefficient (Wildman–Crippen LogP) is 1.24. The smallest absolute Gasteiger partial charge is 0.250 e. The molecule has 0 aromatic heterocycles. The lowest BCUT2D eigenvalue weighted by atomic mass is 10.1. The molecule has 4 heteroatoms. The summed E-state index contributed by atoms with van der Waals surface area (Å²) in [4.78, 5) is 25.7. The number of piperazine rings is 1. The van der Waals surface area contributed by atoms with Crippen LogP contribution >= 0.6 is 0 Å². The predicted molar refractivity (Wildman–Crippen MR) is 68.2 cm³/mol. The zero-order valence-corrected chi connectivity index (χ0v) is 10.3. The molecule has 0 bridgehead atoms. The van der Waals surface area contributed by atoms with Gasteiger partial charge >= 0.3 is 0 Å². The number of carbonyl (C=O) groups excluding carboxylic acids is 2. The number of hydrogen-bond acceptors (Lipinski definition) is 2. The molecular weight excluding hydrogens is 228 g/mol. The third-order valence-electron chi connectivity index (χ3n) is 3.56. The quantitative estimate of drug-likeness (QED) is 0.850. The summed E-state index contributed by atoms with van der Waals surface area (Å²) in [5, 5.41) is 2.81. The van der Waals surface area contributed by atoms with Crippen LogP contribution in [0, 0.1) is 12.8 Å². The lowest BCUT2D eigenvalue weighted by Crippen LogP contribution is -2.59. The lowest BCUT2D eigenvalue weighted by Gasteiger charge is -2.32. The van der Waals surface area contributed by atoms with E-state index in [0.717, 1.165) is 24.1 Å². The Morgan fingerprint density at radius 1 is 1.28 bits per heavy atom.